The second kappa shape index (κ2) is 5.15. The van der Waals surface area contributed by atoms with Crippen LogP contribution in [0, 0.1) is 17.6 Å². The number of piperidine rings is 1. The number of carbonyl (C=O) groups is 1. The lowest BCUT2D eigenvalue weighted by Gasteiger charge is -2.38. The first-order valence-corrected chi connectivity index (χ1v) is 6.39. The van der Waals surface area contributed by atoms with Crippen molar-refractivity contribution in [2.75, 3.05) is 11.4 Å². The summed E-state index contributed by atoms with van der Waals surface area (Å²) >= 11 is 0. The summed E-state index contributed by atoms with van der Waals surface area (Å²) < 4.78 is 27.7. The number of carboxylic acids is 1. The highest BCUT2D eigenvalue weighted by Gasteiger charge is 2.27. The molecule has 0 bridgehead atoms. The molecule has 0 spiro atoms. The summed E-state index contributed by atoms with van der Waals surface area (Å²) in [6.45, 7) is 4.77. The molecule has 1 aliphatic heterocycles. The highest BCUT2D eigenvalue weighted by molar-refractivity contribution is 5.88. The first kappa shape index (κ1) is 13.8. The summed E-state index contributed by atoms with van der Waals surface area (Å²) in [4.78, 5) is 12.6. The number of carboxylic acid groups (broad SMARTS) is 1. The molecule has 3 nitrogen and oxygen atoms in total. The van der Waals surface area contributed by atoms with Gasteiger partial charge in [-0.15, -0.1) is 0 Å². The quantitative estimate of drug-likeness (QED) is 0.895. The van der Waals surface area contributed by atoms with Crippen molar-refractivity contribution in [3.05, 3.63) is 29.3 Å². The molecule has 0 aromatic heterocycles. The van der Waals surface area contributed by atoms with Crippen molar-refractivity contribution in [1.82, 2.24) is 0 Å². The molecule has 0 saturated carbocycles. The van der Waals surface area contributed by atoms with Gasteiger partial charge in [0.05, 0.1) is 11.3 Å². The number of aromatic carboxylic acids is 1. The Morgan fingerprint density at radius 3 is 2.58 bits per heavy atom. The van der Waals surface area contributed by atoms with Gasteiger partial charge in [-0.05, 0) is 37.8 Å². The zero-order valence-corrected chi connectivity index (χ0v) is 11.0. The zero-order chi connectivity index (χ0) is 14.2. The number of halogens is 2. The van der Waals surface area contributed by atoms with E-state index in [9.17, 15) is 13.6 Å². The number of benzene rings is 1. The van der Waals surface area contributed by atoms with Crippen LogP contribution in [0.1, 0.15) is 37.0 Å². The van der Waals surface area contributed by atoms with Crippen molar-refractivity contribution in [2.45, 2.75) is 32.7 Å². The molecule has 19 heavy (non-hydrogen) atoms. The van der Waals surface area contributed by atoms with Crippen molar-refractivity contribution in [3.63, 3.8) is 0 Å². The van der Waals surface area contributed by atoms with E-state index in [2.05, 4.69) is 6.92 Å². The van der Waals surface area contributed by atoms with Crippen LogP contribution in [-0.2, 0) is 0 Å². The van der Waals surface area contributed by atoms with E-state index in [1.807, 2.05) is 11.8 Å². The van der Waals surface area contributed by atoms with Gasteiger partial charge >= 0.3 is 5.97 Å². The molecule has 2 rings (SSSR count). The molecule has 1 aromatic carbocycles. The lowest BCUT2D eigenvalue weighted by atomic mass is 9.93. The van der Waals surface area contributed by atoms with Crippen LogP contribution in [0.3, 0.4) is 0 Å². The number of anilines is 1. The average Bonchev–Trinajstić information content (AvgIpc) is 2.33. The molecule has 1 heterocycles. The van der Waals surface area contributed by atoms with Crippen LogP contribution in [0.2, 0.25) is 0 Å². The monoisotopic (exact) mass is 269 g/mol. The fourth-order valence-electron chi connectivity index (χ4n) is 2.69. The van der Waals surface area contributed by atoms with Gasteiger partial charge in [0.2, 0.25) is 0 Å². The largest absolute Gasteiger partial charge is 0.478 e. The average molecular weight is 269 g/mol. The minimum absolute atomic E-state index is 0.119. The Labute approximate surface area is 110 Å². The zero-order valence-electron chi connectivity index (χ0n) is 11.0. The highest BCUT2D eigenvalue weighted by atomic mass is 19.2. The number of rotatable bonds is 2. The van der Waals surface area contributed by atoms with Gasteiger partial charge in [0, 0.05) is 12.6 Å². The summed E-state index contributed by atoms with van der Waals surface area (Å²) in [7, 11) is 0. The van der Waals surface area contributed by atoms with Gasteiger partial charge in [-0.3, -0.25) is 0 Å². The Morgan fingerprint density at radius 1 is 1.32 bits per heavy atom. The first-order valence-electron chi connectivity index (χ1n) is 6.39. The Bertz CT molecular complexity index is 504. The van der Waals surface area contributed by atoms with E-state index in [1.165, 1.54) is 6.07 Å². The maximum atomic E-state index is 14.0. The summed E-state index contributed by atoms with van der Waals surface area (Å²) in [5.74, 6) is -3.24. The van der Waals surface area contributed by atoms with Gasteiger partial charge < -0.3 is 10.0 Å². The first-order chi connectivity index (χ1) is 8.91. The highest BCUT2D eigenvalue weighted by Crippen LogP contribution is 2.31. The van der Waals surface area contributed by atoms with Crippen LogP contribution in [0.4, 0.5) is 14.5 Å². The van der Waals surface area contributed by atoms with Crippen molar-refractivity contribution < 1.29 is 18.7 Å². The Hall–Kier alpha value is -1.65. The lowest BCUT2D eigenvalue weighted by Crippen LogP contribution is -2.40. The smallest absolute Gasteiger partial charge is 0.338 e. The van der Waals surface area contributed by atoms with Crippen LogP contribution in [0.5, 0.6) is 0 Å². The van der Waals surface area contributed by atoms with Crippen LogP contribution < -0.4 is 4.90 Å². The van der Waals surface area contributed by atoms with Gasteiger partial charge in [0.25, 0.3) is 0 Å². The predicted octanol–water partition coefficient (Wildman–Crippen LogP) is 3.29. The predicted molar refractivity (Wildman–Crippen MR) is 68.5 cm³/mol. The number of hydrogen-bond donors (Lipinski definition) is 1. The topological polar surface area (TPSA) is 40.5 Å². The fraction of sp³-hybridized carbons (Fsp3) is 0.500. The molecular weight excluding hydrogens is 252 g/mol. The van der Waals surface area contributed by atoms with E-state index in [-0.39, 0.29) is 11.7 Å². The van der Waals surface area contributed by atoms with E-state index in [0.717, 1.165) is 18.9 Å². The molecule has 0 amide bonds. The Kier molecular flexibility index (Phi) is 3.73. The van der Waals surface area contributed by atoms with Crippen LogP contribution in [0.25, 0.3) is 0 Å². The summed E-state index contributed by atoms with van der Waals surface area (Å²) in [5.41, 5.74) is -0.471. The van der Waals surface area contributed by atoms with E-state index >= 15 is 0 Å². The Balaban J connectivity index is 2.36. The SMILES string of the molecule is CC1CCN(c2ccc(C(=O)O)c(F)c2F)C(C)C1. The molecule has 104 valence electrons. The Morgan fingerprint density at radius 2 is 2.00 bits per heavy atom. The number of hydrogen-bond acceptors (Lipinski definition) is 2. The van der Waals surface area contributed by atoms with Crippen LogP contribution >= 0.6 is 0 Å². The van der Waals surface area contributed by atoms with Crippen LogP contribution in [-0.4, -0.2) is 23.7 Å². The van der Waals surface area contributed by atoms with Gasteiger partial charge in [0.1, 0.15) is 0 Å². The minimum atomic E-state index is -1.46. The van der Waals surface area contributed by atoms with E-state index in [0.29, 0.717) is 12.5 Å². The summed E-state index contributed by atoms with van der Waals surface area (Å²) in [6.07, 6.45) is 1.84. The maximum absolute atomic E-state index is 14.0. The maximum Gasteiger partial charge on any atom is 0.338 e. The fourth-order valence-corrected chi connectivity index (χ4v) is 2.69. The van der Waals surface area contributed by atoms with Crippen molar-refractivity contribution >= 4 is 11.7 Å². The van der Waals surface area contributed by atoms with Crippen LogP contribution in [0.15, 0.2) is 12.1 Å². The molecule has 1 aliphatic rings. The molecule has 5 heteroatoms. The molecule has 2 unspecified atom stereocenters. The summed E-state index contributed by atoms with van der Waals surface area (Å²) in [5, 5.41) is 8.76. The van der Waals surface area contributed by atoms with Gasteiger partial charge in [-0.25, -0.2) is 13.6 Å². The molecule has 0 aliphatic carbocycles. The molecule has 2 atom stereocenters. The van der Waals surface area contributed by atoms with E-state index in [1.54, 1.807) is 0 Å². The second-order valence-electron chi connectivity index (χ2n) is 5.24. The van der Waals surface area contributed by atoms with E-state index in [4.69, 9.17) is 5.11 Å². The van der Waals surface area contributed by atoms with Crippen molar-refractivity contribution in [2.24, 2.45) is 5.92 Å². The third-order valence-corrected chi connectivity index (χ3v) is 3.74. The summed E-state index contributed by atoms with van der Waals surface area (Å²) in [6, 6.07) is 2.60. The van der Waals surface area contributed by atoms with Gasteiger partial charge in [-0.1, -0.05) is 6.92 Å². The molecule has 1 saturated heterocycles. The molecule has 1 fully saturated rings. The number of nitrogens with zero attached hydrogens (tertiary/aromatic N) is 1. The van der Waals surface area contributed by atoms with Crippen molar-refractivity contribution in [1.29, 1.82) is 0 Å². The minimum Gasteiger partial charge on any atom is -0.478 e. The standard InChI is InChI=1S/C14H17F2NO2/c1-8-5-6-17(9(2)7-8)11-4-3-10(14(18)19)12(15)13(11)16/h3-4,8-9H,5-7H2,1-2H3,(H,18,19). The normalized spacial score (nSPS) is 23.5. The van der Waals surface area contributed by atoms with Gasteiger partial charge in [0.15, 0.2) is 11.6 Å². The third-order valence-electron chi connectivity index (χ3n) is 3.74. The molecular formula is C14H17F2NO2. The molecule has 0 radical (unpaired) electrons. The van der Waals surface area contributed by atoms with Crippen molar-refractivity contribution in [3.8, 4) is 0 Å². The van der Waals surface area contributed by atoms with Gasteiger partial charge in [-0.2, -0.15) is 0 Å². The third kappa shape index (κ3) is 2.55. The molecule has 1 N–H and O–H groups in total. The molecule has 1 aromatic rings. The lowest BCUT2D eigenvalue weighted by molar-refractivity contribution is 0.0690. The second-order valence-corrected chi connectivity index (χ2v) is 5.24. The van der Waals surface area contributed by atoms with E-state index < -0.39 is 23.2 Å².